The van der Waals surface area contributed by atoms with E-state index in [9.17, 15) is 20.2 Å². The lowest BCUT2D eigenvalue weighted by atomic mass is 10.1. The highest BCUT2D eigenvalue weighted by atomic mass is 16.6. The van der Waals surface area contributed by atoms with E-state index >= 15 is 0 Å². The molecule has 0 saturated carbocycles. The molecule has 3 aromatic carbocycles. The number of nitrogens with one attached hydrogen (secondary N) is 2. The fraction of sp³-hybridized carbons (Fsp3) is 0. The first-order valence-electron chi connectivity index (χ1n) is 8.17. The van der Waals surface area contributed by atoms with Crippen LogP contribution in [-0.2, 0) is 0 Å². The Morgan fingerprint density at radius 3 is 2.00 bits per heavy atom. The first-order valence-corrected chi connectivity index (χ1v) is 8.17. The average Bonchev–Trinajstić information content (AvgIpc) is 2.70. The second-order valence-corrected chi connectivity index (χ2v) is 5.67. The lowest BCUT2D eigenvalue weighted by molar-refractivity contribution is -0.394. The molecule has 0 bridgehead atoms. The number of hydrazone groups is 1. The zero-order valence-corrected chi connectivity index (χ0v) is 14.5. The third kappa shape index (κ3) is 4.47. The van der Waals surface area contributed by atoms with Crippen molar-refractivity contribution in [1.29, 1.82) is 0 Å². The molecule has 0 amide bonds. The van der Waals surface area contributed by atoms with Crippen molar-refractivity contribution >= 4 is 34.7 Å². The van der Waals surface area contributed by atoms with Crippen LogP contribution in [0.3, 0.4) is 0 Å². The van der Waals surface area contributed by atoms with Crippen molar-refractivity contribution in [2.24, 2.45) is 5.10 Å². The van der Waals surface area contributed by atoms with Gasteiger partial charge in [0.2, 0.25) is 0 Å². The molecule has 0 aromatic heterocycles. The predicted octanol–water partition coefficient (Wildman–Crippen LogP) is 4.69. The summed E-state index contributed by atoms with van der Waals surface area (Å²) in [6.45, 7) is 0. The third-order valence-electron chi connectivity index (χ3n) is 3.76. The average molecular weight is 377 g/mol. The van der Waals surface area contributed by atoms with E-state index in [2.05, 4.69) is 15.8 Å². The van der Waals surface area contributed by atoms with Crippen molar-refractivity contribution < 1.29 is 9.85 Å². The minimum absolute atomic E-state index is 0.114. The van der Waals surface area contributed by atoms with Crippen LogP contribution in [-0.4, -0.2) is 16.1 Å². The summed E-state index contributed by atoms with van der Waals surface area (Å²) < 4.78 is 0. The molecule has 9 heteroatoms. The SMILES string of the molecule is O=[N+]([O-])c1cc(Nc2ccccc2)c(/C=N/Nc2ccccc2)c([N+](=O)[O-])c1. The number of nitrogens with zero attached hydrogens (tertiary/aromatic N) is 3. The Kier molecular flexibility index (Phi) is 5.56. The van der Waals surface area contributed by atoms with E-state index in [1.54, 1.807) is 36.4 Å². The Morgan fingerprint density at radius 1 is 0.821 bits per heavy atom. The fourth-order valence-corrected chi connectivity index (χ4v) is 2.48. The van der Waals surface area contributed by atoms with Crippen LogP contribution in [0.4, 0.5) is 28.4 Å². The molecule has 28 heavy (non-hydrogen) atoms. The van der Waals surface area contributed by atoms with E-state index in [4.69, 9.17) is 0 Å². The van der Waals surface area contributed by atoms with Gasteiger partial charge in [0, 0.05) is 11.8 Å². The van der Waals surface area contributed by atoms with Crippen LogP contribution in [0.25, 0.3) is 0 Å². The maximum absolute atomic E-state index is 11.5. The van der Waals surface area contributed by atoms with E-state index in [0.717, 1.165) is 6.07 Å². The first kappa shape index (κ1) is 18.5. The van der Waals surface area contributed by atoms with Gasteiger partial charge in [-0.1, -0.05) is 36.4 Å². The summed E-state index contributed by atoms with van der Waals surface area (Å²) in [4.78, 5) is 21.4. The van der Waals surface area contributed by atoms with Gasteiger partial charge in [0.05, 0.1) is 39.1 Å². The van der Waals surface area contributed by atoms with Crippen LogP contribution in [0, 0.1) is 20.2 Å². The highest BCUT2D eigenvalue weighted by Gasteiger charge is 2.23. The van der Waals surface area contributed by atoms with Gasteiger partial charge < -0.3 is 5.32 Å². The molecule has 9 nitrogen and oxygen atoms in total. The first-order chi connectivity index (χ1) is 13.5. The molecule has 0 unspecified atom stereocenters. The molecule has 0 radical (unpaired) electrons. The Balaban J connectivity index is 2.03. The molecule has 3 aromatic rings. The summed E-state index contributed by atoms with van der Waals surface area (Å²) in [5.41, 5.74) is 3.59. The Labute approximate surface area is 159 Å². The number of para-hydroxylation sites is 2. The highest BCUT2D eigenvalue weighted by molar-refractivity contribution is 5.95. The van der Waals surface area contributed by atoms with Crippen molar-refractivity contribution in [3.05, 3.63) is 98.6 Å². The van der Waals surface area contributed by atoms with E-state index in [0.29, 0.717) is 11.4 Å². The van der Waals surface area contributed by atoms with Crippen molar-refractivity contribution in [2.45, 2.75) is 0 Å². The minimum atomic E-state index is -0.674. The molecular weight excluding hydrogens is 362 g/mol. The number of nitro groups is 2. The van der Waals surface area contributed by atoms with Crippen molar-refractivity contribution in [3.63, 3.8) is 0 Å². The Hall–Kier alpha value is -4.27. The van der Waals surface area contributed by atoms with Crippen LogP contribution in [0.2, 0.25) is 0 Å². The van der Waals surface area contributed by atoms with Gasteiger partial charge in [-0.2, -0.15) is 5.10 Å². The number of benzene rings is 3. The molecule has 0 fully saturated rings. The lowest BCUT2D eigenvalue weighted by Crippen LogP contribution is -2.04. The van der Waals surface area contributed by atoms with Crippen molar-refractivity contribution in [3.8, 4) is 0 Å². The zero-order chi connectivity index (χ0) is 19.9. The Bertz CT molecular complexity index is 1020. The number of anilines is 3. The van der Waals surface area contributed by atoms with Crippen molar-refractivity contribution in [1.82, 2.24) is 0 Å². The van der Waals surface area contributed by atoms with Gasteiger partial charge in [-0.15, -0.1) is 0 Å². The Morgan fingerprint density at radius 2 is 1.43 bits per heavy atom. The smallest absolute Gasteiger partial charge is 0.287 e. The normalized spacial score (nSPS) is 10.6. The number of non-ortho nitro benzene ring substituents is 1. The molecule has 0 aliphatic carbocycles. The quantitative estimate of drug-likeness (QED) is 0.350. The van der Waals surface area contributed by atoms with Crippen LogP contribution < -0.4 is 10.7 Å². The van der Waals surface area contributed by atoms with Crippen LogP contribution in [0.5, 0.6) is 0 Å². The lowest BCUT2D eigenvalue weighted by Gasteiger charge is -2.10. The zero-order valence-electron chi connectivity index (χ0n) is 14.5. The van der Waals surface area contributed by atoms with E-state index in [1.165, 1.54) is 12.3 Å². The molecule has 0 saturated heterocycles. The van der Waals surface area contributed by atoms with E-state index < -0.39 is 21.2 Å². The van der Waals surface area contributed by atoms with Crippen LogP contribution in [0.15, 0.2) is 77.9 Å². The molecule has 3 rings (SSSR count). The summed E-state index contributed by atoms with van der Waals surface area (Å²) in [6.07, 6.45) is 1.26. The maximum atomic E-state index is 11.5. The fourth-order valence-electron chi connectivity index (χ4n) is 2.48. The molecule has 140 valence electrons. The molecule has 0 spiro atoms. The largest absolute Gasteiger partial charge is 0.355 e. The van der Waals surface area contributed by atoms with Gasteiger partial charge in [0.1, 0.15) is 0 Å². The molecule has 0 aliphatic rings. The summed E-state index contributed by atoms with van der Waals surface area (Å²) in [7, 11) is 0. The number of rotatable bonds is 7. The highest BCUT2D eigenvalue weighted by Crippen LogP contribution is 2.33. The third-order valence-corrected chi connectivity index (χ3v) is 3.76. The standard InChI is InChI=1S/C19H15N5O4/c25-23(26)16-11-18(21-14-7-3-1-4-8-14)17(19(12-16)24(27)28)13-20-22-15-9-5-2-6-10-15/h1-13,21-22H/b20-13+. The van der Waals surface area contributed by atoms with Gasteiger partial charge in [0.15, 0.2) is 0 Å². The van der Waals surface area contributed by atoms with Crippen LogP contribution >= 0.6 is 0 Å². The van der Waals surface area contributed by atoms with Gasteiger partial charge in [0.25, 0.3) is 11.4 Å². The molecule has 0 heterocycles. The van der Waals surface area contributed by atoms with Gasteiger partial charge in [-0.3, -0.25) is 25.7 Å². The number of nitro benzene ring substituents is 2. The molecule has 0 aliphatic heterocycles. The summed E-state index contributed by atoms with van der Waals surface area (Å²) in [5, 5.41) is 29.7. The molecule has 0 atom stereocenters. The van der Waals surface area contributed by atoms with Gasteiger partial charge in [-0.25, -0.2) is 0 Å². The van der Waals surface area contributed by atoms with Gasteiger partial charge in [-0.05, 0) is 24.3 Å². The van der Waals surface area contributed by atoms with Crippen LogP contribution in [0.1, 0.15) is 5.56 Å². The topological polar surface area (TPSA) is 123 Å². The van der Waals surface area contributed by atoms with E-state index in [1.807, 2.05) is 24.3 Å². The van der Waals surface area contributed by atoms with E-state index in [-0.39, 0.29) is 11.3 Å². The second-order valence-electron chi connectivity index (χ2n) is 5.67. The number of hydrogen-bond donors (Lipinski definition) is 2. The monoisotopic (exact) mass is 377 g/mol. The summed E-state index contributed by atoms with van der Waals surface area (Å²) >= 11 is 0. The summed E-state index contributed by atoms with van der Waals surface area (Å²) in [5.74, 6) is 0. The molecular formula is C19H15N5O4. The second kappa shape index (κ2) is 8.41. The predicted molar refractivity (Wildman–Crippen MR) is 107 cm³/mol. The number of hydrogen-bond acceptors (Lipinski definition) is 7. The van der Waals surface area contributed by atoms with Crippen molar-refractivity contribution in [2.75, 3.05) is 10.7 Å². The maximum Gasteiger partial charge on any atom is 0.287 e. The summed E-state index contributed by atoms with van der Waals surface area (Å²) in [6, 6.07) is 20.0. The van der Waals surface area contributed by atoms with Gasteiger partial charge >= 0.3 is 0 Å². The minimum Gasteiger partial charge on any atom is -0.355 e. The molecule has 2 N–H and O–H groups in total.